The summed E-state index contributed by atoms with van der Waals surface area (Å²) in [6.45, 7) is 7.71. The number of benzene rings is 2. The molecule has 0 fully saturated rings. The summed E-state index contributed by atoms with van der Waals surface area (Å²) in [6, 6.07) is 14.2. The first kappa shape index (κ1) is 23.4. The van der Waals surface area contributed by atoms with Crippen molar-refractivity contribution in [2.24, 2.45) is 0 Å². The van der Waals surface area contributed by atoms with Gasteiger partial charge in [-0.25, -0.2) is 0 Å². The van der Waals surface area contributed by atoms with Crippen molar-refractivity contribution >= 4 is 23.2 Å². The Labute approximate surface area is 180 Å². The van der Waals surface area contributed by atoms with E-state index in [9.17, 15) is 9.59 Å². The molecule has 0 radical (unpaired) electrons. The van der Waals surface area contributed by atoms with Crippen molar-refractivity contribution in [3.8, 4) is 0 Å². The molecule has 0 aliphatic heterocycles. The minimum absolute atomic E-state index is 0.0295. The van der Waals surface area contributed by atoms with Gasteiger partial charge in [-0.05, 0) is 49.2 Å². The second-order valence-corrected chi connectivity index (χ2v) is 7.93. The molecular formula is C24H34N4O2. The highest BCUT2D eigenvalue weighted by Crippen LogP contribution is 2.19. The Bertz CT molecular complexity index is 842. The third-order valence-corrected chi connectivity index (χ3v) is 5.22. The quantitative estimate of drug-likeness (QED) is 0.689. The van der Waals surface area contributed by atoms with Crippen molar-refractivity contribution in [2.45, 2.75) is 27.3 Å². The van der Waals surface area contributed by atoms with Crippen LogP contribution in [0.2, 0.25) is 0 Å². The molecule has 0 unspecified atom stereocenters. The molecule has 0 saturated heterocycles. The fourth-order valence-corrected chi connectivity index (χ4v) is 3.24. The molecule has 0 bridgehead atoms. The Hall–Kier alpha value is -2.86. The van der Waals surface area contributed by atoms with Gasteiger partial charge >= 0.3 is 0 Å². The minimum Gasteiger partial charge on any atom is -0.378 e. The first-order valence-corrected chi connectivity index (χ1v) is 10.3. The highest BCUT2D eigenvalue weighted by molar-refractivity contribution is 5.95. The van der Waals surface area contributed by atoms with Crippen LogP contribution in [0.4, 0.5) is 11.4 Å². The maximum Gasteiger partial charge on any atom is 0.243 e. The number of aryl methyl sites for hydroxylation is 2. The van der Waals surface area contributed by atoms with Gasteiger partial charge in [0.15, 0.2) is 0 Å². The summed E-state index contributed by atoms with van der Waals surface area (Å²) < 4.78 is 0. The van der Waals surface area contributed by atoms with Crippen molar-refractivity contribution in [1.29, 1.82) is 0 Å². The zero-order valence-corrected chi connectivity index (χ0v) is 19.0. The molecule has 2 rings (SSSR count). The summed E-state index contributed by atoms with van der Waals surface area (Å²) in [5.74, 6) is -0.260. The van der Waals surface area contributed by atoms with E-state index in [4.69, 9.17) is 0 Å². The second kappa shape index (κ2) is 10.8. The molecule has 0 aliphatic carbocycles. The number of nitrogens with one attached hydrogen (secondary N) is 1. The maximum absolute atomic E-state index is 12.7. The molecule has 1 N–H and O–H groups in total. The summed E-state index contributed by atoms with van der Waals surface area (Å²) in [7, 11) is 5.70. The van der Waals surface area contributed by atoms with Gasteiger partial charge in [-0.3, -0.25) is 14.5 Å². The lowest BCUT2D eigenvalue weighted by atomic mass is 10.1. The summed E-state index contributed by atoms with van der Waals surface area (Å²) in [5, 5.41) is 2.94. The van der Waals surface area contributed by atoms with Gasteiger partial charge in [-0.1, -0.05) is 37.3 Å². The van der Waals surface area contributed by atoms with E-state index < -0.39 is 0 Å². The zero-order valence-electron chi connectivity index (χ0n) is 19.0. The van der Waals surface area contributed by atoms with Gasteiger partial charge in [0.1, 0.15) is 0 Å². The number of hydrogen-bond acceptors (Lipinski definition) is 4. The summed E-state index contributed by atoms with van der Waals surface area (Å²) >= 11 is 0. The molecule has 162 valence electrons. The van der Waals surface area contributed by atoms with Crippen molar-refractivity contribution < 1.29 is 9.59 Å². The first-order valence-electron chi connectivity index (χ1n) is 10.3. The van der Waals surface area contributed by atoms with Crippen LogP contribution >= 0.6 is 0 Å². The number of rotatable bonds is 9. The van der Waals surface area contributed by atoms with Crippen LogP contribution in [-0.4, -0.2) is 62.4 Å². The lowest BCUT2D eigenvalue weighted by molar-refractivity contribution is -0.134. The highest BCUT2D eigenvalue weighted by Gasteiger charge is 2.17. The van der Waals surface area contributed by atoms with E-state index in [0.29, 0.717) is 6.54 Å². The van der Waals surface area contributed by atoms with Crippen LogP contribution < -0.4 is 10.2 Å². The Morgan fingerprint density at radius 1 is 0.900 bits per heavy atom. The summed E-state index contributed by atoms with van der Waals surface area (Å²) in [4.78, 5) is 30.7. The van der Waals surface area contributed by atoms with Gasteiger partial charge < -0.3 is 15.1 Å². The van der Waals surface area contributed by atoms with Gasteiger partial charge in [0.2, 0.25) is 11.8 Å². The number of carbonyl (C=O) groups excluding carboxylic acids is 2. The van der Waals surface area contributed by atoms with Crippen molar-refractivity contribution in [1.82, 2.24) is 9.80 Å². The predicted octanol–water partition coefficient (Wildman–Crippen LogP) is 3.29. The number of nitrogens with zero attached hydrogens (tertiary/aromatic N) is 3. The molecular weight excluding hydrogens is 376 g/mol. The minimum atomic E-state index is -0.189. The predicted molar refractivity (Wildman–Crippen MR) is 124 cm³/mol. The topological polar surface area (TPSA) is 55.9 Å². The molecule has 0 atom stereocenters. The molecule has 2 amide bonds. The van der Waals surface area contributed by atoms with Crippen LogP contribution in [0.25, 0.3) is 0 Å². The van der Waals surface area contributed by atoms with Gasteiger partial charge in [0.25, 0.3) is 0 Å². The van der Waals surface area contributed by atoms with E-state index in [0.717, 1.165) is 34.6 Å². The first-order chi connectivity index (χ1) is 14.2. The number of likely N-dealkylation sites (N-methyl/N-ethyl adjacent to an activating group) is 2. The summed E-state index contributed by atoms with van der Waals surface area (Å²) in [5.41, 5.74) is 5.14. The smallest absolute Gasteiger partial charge is 0.243 e. The van der Waals surface area contributed by atoms with Gasteiger partial charge in [0.05, 0.1) is 13.1 Å². The number of amides is 2. The van der Waals surface area contributed by atoms with Gasteiger partial charge in [0, 0.05) is 39.1 Å². The standard InChI is InChI=1S/C24H34N4O2/c1-7-28(15-20-11-13-21(14-12-20)26(4)5)17-23(30)27(6)16-22(29)25-24-18(2)9-8-10-19(24)3/h8-14H,7,15-17H2,1-6H3,(H,25,29). The Balaban J connectivity index is 1.90. The van der Waals surface area contributed by atoms with E-state index in [1.54, 1.807) is 7.05 Å². The number of hydrogen-bond donors (Lipinski definition) is 1. The molecule has 6 nitrogen and oxygen atoms in total. The monoisotopic (exact) mass is 410 g/mol. The number of carbonyl (C=O) groups is 2. The van der Waals surface area contributed by atoms with Crippen LogP contribution in [0, 0.1) is 13.8 Å². The summed E-state index contributed by atoms with van der Waals surface area (Å²) in [6.07, 6.45) is 0. The van der Waals surface area contributed by atoms with Crippen LogP contribution in [0.3, 0.4) is 0 Å². The largest absolute Gasteiger partial charge is 0.378 e. The zero-order chi connectivity index (χ0) is 22.3. The van der Waals surface area contributed by atoms with Crippen LogP contribution in [0.15, 0.2) is 42.5 Å². The van der Waals surface area contributed by atoms with Crippen molar-refractivity contribution in [2.75, 3.05) is 51.0 Å². The van der Waals surface area contributed by atoms with E-state index in [-0.39, 0.29) is 24.9 Å². The molecule has 30 heavy (non-hydrogen) atoms. The van der Waals surface area contributed by atoms with Crippen LogP contribution in [0.5, 0.6) is 0 Å². The van der Waals surface area contributed by atoms with Gasteiger partial charge in [-0.15, -0.1) is 0 Å². The van der Waals surface area contributed by atoms with Gasteiger partial charge in [-0.2, -0.15) is 0 Å². The number of para-hydroxylation sites is 1. The van der Waals surface area contributed by atoms with Crippen LogP contribution in [-0.2, 0) is 16.1 Å². The average Bonchev–Trinajstić information content (AvgIpc) is 2.70. The molecule has 2 aromatic rings. The third kappa shape index (κ3) is 6.59. The molecule has 0 spiro atoms. The third-order valence-electron chi connectivity index (χ3n) is 5.22. The lowest BCUT2D eigenvalue weighted by Gasteiger charge is -2.24. The Kier molecular flexibility index (Phi) is 8.42. The van der Waals surface area contributed by atoms with Crippen molar-refractivity contribution in [3.05, 3.63) is 59.2 Å². The van der Waals surface area contributed by atoms with E-state index in [1.807, 2.05) is 53.1 Å². The molecule has 0 aromatic heterocycles. The maximum atomic E-state index is 12.7. The average molecular weight is 411 g/mol. The molecule has 0 saturated carbocycles. The fourth-order valence-electron chi connectivity index (χ4n) is 3.24. The van der Waals surface area contributed by atoms with E-state index in [1.165, 1.54) is 4.90 Å². The van der Waals surface area contributed by atoms with E-state index in [2.05, 4.69) is 39.4 Å². The Morgan fingerprint density at radius 3 is 2.03 bits per heavy atom. The molecule has 6 heteroatoms. The SMILES string of the molecule is CCN(CC(=O)N(C)CC(=O)Nc1c(C)cccc1C)Cc1ccc(N(C)C)cc1. The Morgan fingerprint density at radius 2 is 1.50 bits per heavy atom. The fraction of sp³-hybridized carbons (Fsp3) is 0.417. The highest BCUT2D eigenvalue weighted by atomic mass is 16.2. The molecule has 0 aliphatic rings. The second-order valence-electron chi connectivity index (χ2n) is 7.93. The molecule has 2 aromatic carbocycles. The van der Waals surface area contributed by atoms with Crippen LogP contribution in [0.1, 0.15) is 23.6 Å². The van der Waals surface area contributed by atoms with Crippen molar-refractivity contribution in [3.63, 3.8) is 0 Å². The van der Waals surface area contributed by atoms with E-state index >= 15 is 0 Å². The normalized spacial score (nSPS) is 10.8. The number of anilines is 2. The lowest BCUT2D eigenvalue weighted by Crippen LogP contribution is -2.41. The molecule has 0 heterocycles.